The van der Waals surface area contributed by atoms with Gasteiger partial charge in [-0.25, -0.2) is 4.68 Å². The molecule has 1 aromatic heterocycles. The maximum absolute atomic E-state index is 13.4. The number of hydrogen-bond donors (Lipinski definition) is 2. The van der Waals surface area contributed by atoms with E-state index in [2.05, 4.69) is 10.4 Å². The molecule has 1 amide bonds. The molecule has 0 saturated heterocycles. The third kappa shape index (κ3) is 4.72. The maximum atomic E-state index is 13.4. The van der Waals surface area contributed by atoms with E-state index in [9.17, 15) is 19.5 Å². The third-order valence-corrected chi connectivity index (χ3v) is 6.33. The van der Waals surface area contributed by atoms with Crippen molar-refractivity contribution < 1.29 is 14.7 Å². The van der Waals surface area contributed by atoms with Gasteiger partial charge in [-0.3, -0.25) is 14.4 Å². The Morgan fingerprint density at radius 3 is 2.24 bits per heavy atom. The Kier molecular flexibility index (Phi) is 6.68. The van der Waals surface area contributed by atoms with Crippen LogP contribution in [0.3, 0.4) is 0 Å². The van der Waals surface area contributed by atoms with Gasteiger partial charge >= 0.3 is 5.97 Å². The Bertz CT molecular complexity index is 1210. The number of carbonyl (C=O) groups is 2. The number of hydrogen-bond acceptors (Lipinski definition) is 4. The lowest BCUT2D eigenvalue weighted by molar-refractivity contribution is -0.144. The molecule has 1 aliphatic carbocycles. The van der Waals surface area contributed by atoms with Crippen LogP contribution >= 0.6 is 0 Å². The number of amides is 1. The minimum Gasteiger partial charge on any atom is -0.481 e. The van der Waals surface area contributed by atoms with Crippen LogP contribution in [0.2, 0.25) is 0 Å². The van der Waals surface area contributed by atoms with Gasteiger partial charge in [0.15, 0.2) is 0 Å². The van der Waals surface area contributed by atoms with Gasteiger partial charge in [0.1, 0.15) is 5.56 Å². The van der Waals surface area contributed by atoms with Crippen LogP contribution in [0.15, 0.2) is 65.5 Å². The molecule has 33 heavy (non-hydrogen) atoms. The summed E-state index contributed by atoms with van der Waals surface area (Å²) in [6.07, 6.45) is 3.17. The molecule has 0 bridgehead atoms. The quantitative estimate of drug-likeness (QED) is 0.602. The van der Waals surface area contributed by atoms with Gasteiger partial charge in [-0.1, -0.05) is 73.5 Å². The van der Waals surface area contributed by atoms with E-state index in [1.807, 2.05) is 60.7 Å². The number of nitrogens with zero attached hydrogens (tertiary/aromatic N) is 2. The molecule has 170 valence electrons. The van der Waals surface area contributed by atoms with E-state index in [0.717, 1.165) is 24.8 Å². The first-order valence-corrected chi connectivity index (χ1v) is 11.2. The lowest BCUT2D eigenvalue weighted by atomic mass is 9.79. The molecular weight excluding hydrogens is 418 g/mol. The van der Waals surface area contributed by atoms with E-state index in [-0.39, 0.29) is 18.0 Å². The van der Waals surface area contributed by atoms with Crippen molar-refractivity contribution in [3.63, 3.8) is 0 Å². The molecule has 2 N–H and O–H groups in total. The fraction of sp³-hybridized carbons (Fsp3) is 0.308. The van der Waals surface area contributed by atoms with Crippen molar-refractivity contribution >= 4 is 11.9 Å². The monoisotopic (exact) mass is 445 g/mol. The summed E-state index contributed by atoms with van der Waals surface area (Å²) in [5.41, 5.74) is 2.03. The molecule has 0 radical (unpaired) electrons. The lowest BCUT2D eigenvalue weighted by Crippen LogP contribution is -2.40. The summed E-state index contributed by atoms with van der Waals surface area (Å²) in [5.74, 6) is -1.97. The van der Waals surface area contributed by atoms with E-state index in [1.54, 1.807) is 0 Å². The minimum atomic E-state index is -0.829. The van der Waals surface area contributed by atoms with Crippen LogP contribution in [-0.4, -0.2) is 33.3 Å². The van der Waals surface area contributed by atoms with Crippen LogP contribution < -0.4 is 10.9 Å². The molecular formula is C26H27N3O4. The average Bonchev–Trinajstić information content (AvgIpc) is 2.85. The summed E-state index contributed by atoms with van der Waals surface area (Å²) in [7, 11) is 1.53. The van der Waals surface area contributed by atoms with E-state index < -0.39 is 23.4 Å². The first-order chi connectivity index (χ1) is 16.0. The first-order valence-electron chi connectivity index (χ1n) is 11.2. The molecule has 0 unspecified atom stereocenters. The standard InChI is InChI=1S/C26H27N3O4/c1-29-25(31)22(24(30)27-16-19-14-8-9-15-20(19)26(32)33)21(17-10-4-2-5-11-17)23(28-29)18-12-6-3-7-13-18/h2-7,10-13,19-20H,8-9,14-16H2,1H3,(H,27,30)(H,32,33)/t19-,20-/m0/s1. The number of carbonyl (C=O) groups excluding carboxylic acids is 1. The molecule has 1 heterocycles. The molecule has 1 fully saturated rings. The van der Waals surface area contributed by atoms with Crippen molar-refractivity contribution in [1.29, 1.82) is 0 Å². The highest BCUT2D eigenvalue weighted by Crippen LogP contribution is 2.33. The van der Waals surface area contributed by atoms with Gasteiger partial charge in [0.2, 0.25) is 0 Å². The molecule has 0 spiro atoms. The van der Waals surface area contributed by atoms with Crippen LogP contribution in [0.25, 0.3) is 22.4 Å². The van der Waals surface area contributed by atoms with E-state index in [0.29, 0.717) is 23.2 Å². The summed E-state index contributed by atoms with van der Waals surface area (Å²) >= 11 is 0. The summed E-state index contributed by atoms with van der Waals surface area (Å²) < 4.78 is 1.18. The van der Waals surface area contributed by atoms with Gasteiger partial charge in [0, 0.05) is 24.7 Å². The number of benzene rings is 2. The van der Waals surface area contributed by atoms with Gasteiger partial charge in [0.05, 0.1) is 11.6 Å². The van der Waals surface area contributed by atoms with Crippen molar-refractivity contribution in [3.05, 3.63) is 76.6 Å². The smallest absolute Gasteiger partial charge is 0.306 e. The second-order valence-corrected chi connectivity index (χ2v) is 8.46. The Balaban J connectivity index is 1.77. The van der Waals surface area contributed by atoms with Crippen molar-refractivity contribution in [1.82, 2.24) is 15.1 Å². The molecule has 7 heteroatoms. The second-order valence-electron chi connectivity index (χ2n) is 8.46. The summed E-state index contributed by atoms with van der Waals surface area (Å²) in [6.45, 7) is 0.218. The third-order valence-electron chi connectivity index (χ3n) is 6.33. The lowest BCUT2D eigenvalue weighted by Gasteiger charge is -2.28. The number of aliphatic carboxylic acids is 1. The topological polar surface area (TPSA) is 101 Å². The maximum Gasteiger partial charge on any atom is 0.306 e. The van der Waals surface area contributed by atoms with Crippen molar-refractivity contribution in [2.75, 3.05) is 6.54 Å². The van der Waals surface area contributed by atoms with Gasteiger partial charge in [-0.2, -0.15) is 5.10 Å². The molecule has 1 aliphatic rings. The zero-order chi connectivity index (χ0) is 23.4. The first kappa shape index (κ1) is 22.5. The Hall–Kier alpha value is -3.74. The van der Waals surface area contributed by atoms with E-state index in [4.69, 9.17) is 0 Å². The molecule has 1 saturated carbocycles. The normalized spacial score (nSPS) is 18.0. The molecule has 7 nitrogen and oxygen atoms in total. The number of aromatic nitrogens is 2. The number of rotatable bonds is 6. The van der Waals surface area contributed by atoms with Gasteiger partial charge in [0.25, 0.3) is 11.5 Å². The molecule has 3 aromatic rings. The van der Waals surface area contributed by atoms with Gasteiger partial charge in [-0.05, 0) is 24.3 Å². The Labute approximate surface area is 192 Å². The number of carboxylic acid groups (broad SMARTS) is 1. The number of nitrogens with one attached hydrogen (secondary N) is 1. The Morgan fingerprint density at radius 2 is 1.61 bits per heavy atom. The largest absolute Gasteiger partial charge is 0.481 e. The van der Waals surface area contributed by atoms with Crippen LogP contribution in [0.4, 0.5) is 0 Å². The highest BCUT2D eigenvalue weighted by molar-refractivity contribution is 6.03. The van der Waals surface area contributed by atoms with Crippen molar-refractivity contribution in [3.8, 4) is 22.4 Å². The van der Waals surface area contributed by atoms with Crippen LogP contribution in [-0.2, 0) is 11.8 Å². The zero-order valence-corrected chi connectivity index (χ0v) is 18.5. The molecule has 2 atom stereocenters. The summed E-state index contributed by atoms with van der Waals surface area (Å²) in [4.78, 5) is 38.2. The zero-order valence-electron chi connectivity index (χ0n) is 18.5. The van der Waals surface area contributed by atoms with Gasteiger partial charge < -0.3 is 10.4 Å². The van der Waals surface area contributed by atoms with E-state index >= 15 is 0 Å². The van der Waals surface area contributed by atoms with Gasteiger partial charge in [-0.15, -0.1) is 0 Å². The SMILES string of the molecule is Cn1nc(-c2ccccc2)c(-c2ccccc2)c(C(=O)NC[C@@H]2CCCC[C@@H]2C(=O)O)c1=O. The summed E-state index contributed by atoms with van der Waals surface area (Å²) in [6, 6.07) is 18.7. The van der Waals surface area contributed by atoms with E-state index in [1.165, 1.54) is 11.7 Å². The predicted molar refractivity (Wildman–Crippen MR) is 126 cm³/mol. The predicted octanol–water partition coefficient (Wildman–Crippen LogP) is 3.74. The molecule has 4 rings (SSSR count). The summed E-state index contributed by atoms with van der Waals surface area (Å²) in [5, 5.41) is 16.9. The fourth-order valence-electron chi connectivity index (χ4n) is 4.62. The number of carboxylic acids is 1. The van der Waals surface area contributed by atoms with Crippen molar-refractivity contribution in [2.45, 2.75) is 25.7 Å². The highest BCUT2D eigenvalue weighted by atomic mass is 16.4. The number of aryl methyl sites for hydroxylation is 1. The second kappa shape index (κ2) is 9.81. The molecule has 2 aromatic carbocycles. The van der Waals surface area contributed by atoms with Crippen LogP contribution in [0, 0.1) is 11.8 Å². The average molecular weight is 446 g/mol. The molecule has 0 aliphatic heterocycles. The minimum absolute atomic E-state index is 0.0141. The van der Waals surface area contributed by atoms with Crippen molar-refractivity contribution in [2.24, 2.45) is 18.9 Å². The Morgan fingerprint density at radius 1 is 1.00 bits per heavy atom. The van der Waals surface area contributed by atoms with Crippen LogP contribution in [0.5, 0.6) is 0 Å². The fourth-order valence-corrected chi connectivity index (χ4v) is 4.62. The highest BCUT2D eigenvalue weighted by Gasteiger charge is 2.32. The van der Waals surface area contributed by atoms with Crippen LogP contribution in [0.1, 0.15) is 36.0 Å².